The number of rotatable bonds is 10. The zero-order valence-corrected chi connectivity index (χ0v) is 20.0. The van der Waals surface area contributed by atoms with Crippen LogP contribution in [0.5, 0.6) is 5.75 Å². The smallest absolute Gasteiger partial charge is 0.350 e. The summed E-state index contributed by atoms with van der Waals surface area (Å²) in [5.74, 6) is -6.86. The number of ether oxygens (including phenoxy) is 1. The fraction of sp³-hybridized carbons (Fsp3) is 0.435. The van der Waals surface area contributed by atoms with Gasteiger partial charge < -0.3 is 15.0 Å². The predicted octanol–water partition coefficient (Wildman–Crippen LogP) is 2.87. The number of sulfonamides is 1. The van der Waals surface area contributed by atoms with Gasteiger partial charge in [0.1, 0.15) is 18.4 Å². The first-order chi connectivity index (χ1) is 16.4. The van der Waals surface area contributed by atoms with Gasteiger partial charge in [-0.2, -0.15) is 13.5 Å². The molecule has 1 aliphatic rings. The third-order valence-electron chi connectivity index (χ3n) is 5.79. The van der Waals surface area contributed by atoms with Crippen LogP contribution in [0.4, 0.5) is 17.6 Å². The first kappa shape index (κ1) is 26.9. The summed E-state index contributed by atoms with van der Waals surface area (Å²) in [7, 11) is -3.54. The number of nitrogens with zero attached hydrogens (tertiary/aromatic N) is 1. The van der Waals surface area contributed by atoms with Crippen molar-refractivity contribution in [2.75, 3.05) is 26.7 Å². The average Bonchev–Trinajstić information content (AvgIpc) is 3.07. The number of hydrogen-bond acceptors (Lipinski definition) is 5. The number of amides is 1. The molecule has 0 aromatic heterocycles. The van der Waals surface area contributed by atoms with Crippen LogP contribution in [0.2, 0.25) is 0 Å². The van der Waals surface area contributed by atoms with Crippen molar-refractivity contribution in [1.82, 2.24) is 14.9 Å². The second-order valence-corrected chi connectivity index (χ2v) is 10.0. The van der Waals surface area contributed by atoms with Crippen molar-refractivity contribution in [3.05, 3.63) is 54.1 Å². The van der Waals surface area contributed by atoms with E-state index in [4.69, 9.17) is 4.74 Å². The SMILES string of the molecule is CC(=O)N(C)CCOc1ccccc1-c1cccc(C[C@@H]2NCC(F)(F)[C@@H]2NS(=O)(=O)C(F)F)c1. The van der Waals surface area contributed by atoms with Crippen molar-refractivity contribution in [2.45, 2.75) is 37.1 Å². The van der Waals surface area contributed by atoms with Crippen LogP contribution in [0.25, 0.3) is 11.1 Å². The lowest BCUT2D eigenvalue weighted by molar-refractivity contribution is -0.127. The number of likely N-dealkylation sites (N-methyl/N-ethyl adjacent to an activating group) is 1. The average molecular weight is 518 g/mol. The standard InChI is InChI=1S/C23H27F4N3O4S/c1-15(31)30(2)10-11-34-20-9-4-3-8-18(20)17-7-5-6-16(12-17)13-19-21(23(26,27)14-28-19)29-35(32,33)22(24)25/h3-9,12,19,21-22,28-29H,10-11,13-14H2,1-2H3/t19-,21+/m0/s1. The minimum atomic E-state index is -5.20. The molecule has 192 valence electrons. The first-order valence-electron chi connectivity index (χ1n) is 10.8. The van der Waals surface area contributed by atoms with Gasteiger partial charge in [0.15, 0.2) is 0 Å². The number of alkyl halides is 4. The lowest BCUT2D eigenvalue weighted by Crippen LogP contribution is -2.52. The Labute approximate surface area is 201 Å². The van der Waals surface area contributed by atoms with Crippen molar-refractivity contribution in [2.24, 2.45) is 0 Å². The fourth-order valence-corrected chi connectivity index (χ4v) is 4.57. The first-order valence-corrected chi connectivity index (χ1v) is 12.4. The molecule has 0 aliphatic carbocycles. The van der Waals surface area contributed by atoms with Gasteiger partial charge in [-0.25, -0.2) is 17.2 Å². The Morgan fingerprint density at radius 3 is 2.63 bits per heavy atom. The summed E-state index contributed by atoms with van der Waals surface area (Å²) in [6.07, 6.45) is -0.0215. The fourth-order valence-electron chi connectivity index (χ4n) is 3.78. The molecule has 35 heavy (non-hydrogen) atoms. The minimum Gasteiger partial charge on any atom is -0.491 e. The molecular formula is C23H27F4N3O4S. The Kier molecular flexibility index (Phi) is 8.39. The molecule has 2 aromatic rings. The minimum absolute atomic E-state index is 0.0215. The molecule has 0 radical (unpaired) electrons. The van der Waals surface area contributed by atoms with E-state index in [1.54, 1.807) is 43.4 Å². The number of para-hydroxylation sites is 1. The van der Waals surface area contributed by atoms with E-state index < -0.39 is 40.3 Å². The van der Waals surface area contributed by atoms with Crippen molar-refractivity contribution in [3.63, 3.8) is 0 Å². The molecular weight excluding hydrogens is 490 g/mol. The number of halogens is 4. The Bertz CT molecular complexity index is 1150. The molecule has 1 aliphatic heterocycles. The van der Waals surface area contributed by atoms with Crippen molar-refractivity contribution >= 4 is 15.9 Å². The van der Waals surface area contributed by atoms with E-state index in [1.807, 2.05) is 12.1 Å². The molecule has 1 saturated heterocycles. The number of benzene rings is 2. The molecule has 1 amide bonds. The second-order valence-electron chi connectivity index (χ2n) is 8.34. The molecule has 1 heterocycles. The molecule has 0 unspecified atom stereocenters. The largest absolute Gasteiger partial charge is 0.491 e. The molecule has 2 N–H and O–H groups in total. The molecule has 0 bridgehead atoms. The number of carbonyl (C=O) groups is 1. The van der Waals surface area contributed by atoms with E-state index in [-0.39, 0.29) is 18.9 Å². The summed E-state index contributed by atoms with van der Waals surface area (Å²) >= 11 is 0. The van der Waals surface area contributed by atoms with Crippen LogP contribution in [0.1, 0.15) is 12.5 Å². The van der Waals surface area contributed by atoms with Crippen LogP contribution in [-0.4, -0.2) is 69.7 Å². The second kappa shape index (κ2) is 10.9. The monoisotopic (exact) mass is 517 g/mol. The van der Waals surface area contributed by atoms with Crippen LogP contribution < -0.4 is 14.8 Å². The molecule has 12 heteroatoms. The van der Waals surface area contributed by atoms with Gasteiger partial charge in [0.05, 0.1) is 13.1 Å². The zero-order chi connectivity index (χ0) is 25.8. The Hall–Kier alpha value is -2.70. The van der Waals surface area contributed by atoms with Gasteiger partial charge in [0, 0.05) is 25.6 Å². The van der Waals surface area contributed by atoms with Gasteiger partial charge in [-0.15, -0.1) is 0 Å². The van der Waals surface area contributed by atoms with Crippen LogP contribution in [-0.2, 0) is 21.2 Å². The normalized spacial score (nSPS) is 19.6. The van der Waals surface area contributed by atoms with Gasteiger partial charge in [0.25, 0.3) is 15.9 Å². The summed E-state index contributed by atoms with van der Waals surface area (Å²) in [6.45, 7) is 1.28. The summed E-state index contributed by atoms with van der Waals surface area (Å²) in [6, 6.07) is 11.0. The van der Waals surface area contributed by atoms with E-state index in [0.717, 1.165) is 11.1 Å². The molecule has 7 nitrogen and oxygen atoms in total. The van der Waals surface area contributed by atoms with Gasteiger partial charge in [-0.1, -0.05) is 42.5 Å². The highest BCUT2D eigenvalue weighted by Crippen LogP contribution is 2.32. The Balaban J connectivity index is 1.78. The van der Waals surface area contributed by atoms with Crippen LogP contribution in [0, 0.1) is 0 Å². The lowest BCUT2D eigenvalue weighted by atomic mass is 9.96. The molecule has 0 spiro atoms. The highest BCUT2D eigenvalue weighted by atomic mass is 32.2. The van der Waals surface area contributed by atoms with E-state index in [0.29, 0.717) is 17.9 Å². The molecule has 1 fully saturated rings. The number of carbonyl (C=O) groups excluding carboxylic acids is 1. The third-order valence-corrected chi connectivity index (χ3v) is 6.84. The van der Waals surface area contributed by atoms with E-state index >= 15 is 0 Å². The summed E-state index contributed by atoms with van der Waals surface area (Å²) in [5.41, 5.74) is 2.07. The van der Waals surface area contributed by atoms with Gasteiger partial charge in [-0.05, 0) is 23.6 Å². The van der Waals surface area contributed by atoms with E-state index in [2.05, 4.69) is 5.32 Å². The Morgan fingerprint density at radius 2 is 1.94 bits per heavy atom. The summed E-state index contributed by atoms with van der Waals surface area (Å²) < 4.78 is 84.6. The van der Waals surface area contributed by atoms with Crippen molar-refractivity contribution < 1.29 is 35.5 Å². The quantitative estimate of drug-likeness (QED) is 0.474. The lowest BCUT2D eigenvalue weighted by Gasteiger charge is -2.24. The van der Waals surface area contributed by atoms with Crippen LogP contribution in [0.15, 0.2) is 48.5 Å². The predicted molar refractivity (Wildman–Crippen MR) is 123 cm³/mol. The van der Waals surface area contributed by atoms with Crippen molar-refractivity contribution in [1.29, 1.82) is 0 Å². The summed E-state index contributed by atoms with van der Waals surface area (Å²) in [4.78, 5) is 12.9. The summed E-state index contributed by atoms with van der Waals surface area (Å²) in [5, 5.41) is 2.55. The van der Waals surface area contributed by atoms with E-state index in [1.165, 1.54) is 16.5 Å². The van der Waals surface area contributed by atoms with Gasteiger partial charge in [0.2, 0.25) is 5.91 Å². The van der Waals surface area contributed by atoms with E-state index in [9.17, 15) is 30.8 Å². The highest BCUT2D eigenvalue weighted by Gasteiger charge is 2.52. The van der Waals surface area contributed by atoms with Crippen LogP contribution >= 0.6 is 0 Å². The Morgan fingerprint density at radius 1 is 1.23 bits per heavy atom. The third kappa shape index (κ3) is 6.71. The van der Waals surface area contributed by atoms with Crippen molar-refractivity contribution in [3.8, 4) is 16.9 Å². The highest BCUT2D eigenvalue weighted by molar-refractivity contribution is 7.89. The maximum absolute atomic E-state index is 14.3. The number of hydrogen-bond donors (Lipinski definition) is 2. The molecule has 3 rings (SSSR count). The molecule has 2 aromatic carbocycles. The topological polar surface area (TPSA) is 87.7 Å². The van der Waals surface area contributed by atoms with Gasteiger partial charge >= 0.3 is 5.76 Å². The maximum Gasteiger partial charge on any atom is 0.350 e. The zero-order valence-electron chi connectivity index (χ0n) is 19.2. The van der Waals surface area contributed by atoms with Crippen LogP contribution in [0.3, 0.4) is 0 Å². The number of nitrogens with one attached hydrogen (secondary N) is 2. The molecule has 2 atom stereocenters. The maximum atomic E-state index is 14.3. The molecule has 0 saturated carbocycles. The van der Waals surface area contributed by atoms with Gasteiger partial charge in [-0.3, -0.25) is 4.79 Å².